The number of esters is 1. The number of ether oxygens (including phenoxy) is 1. The summed E-state index contributed by atoms with van der Waals surface area (Å²) in [5.41, 5.74) is 2.55. The van der Waals surface area contributed by atoms with Crippen molar-refractivity contribution < 1.29 is 9.53 Å². The summed E-state index contributed by atoms with van der Waals surface area (Å²) < 4.78 is 6.71. The summed E-state index contributed by atoms with van der Waals surface area (Å²) in [7, 11) is 0. The van der Waals surface area contributed by atoms with Crippen molar-refractivity contribution in [3.8, 4) is 0 Å². The normalized spacial score (nSPS) is 24.8. The van der Waals surface area contributed by atoms with Crippen LogP contribution in [-0.4, -0.2) is 23.5 Å². The fraction of sp³-hybridized carbons (Fsp3) is 0.500. The summed E-state index contributed by atoms with van der Waals surface area (Å²) in [5, 5.41) is 4.88. The minimum absolute atomic E-state index is 0.0632. The Balaban J connectivity index is 1.54. The maximum Gasteiger partial charge on any atom is 0.317 e. The molecular weight excluding hydrogens is 444 g/mol. The van der Waals surface area contributed by atoms with Crippen molar-refractivity contribution in [3.63, 3.8) is 0 Å². The van der Waals surface area contributed by atoms with E-state index in [2.05, 4.69) is 54.5 Å². The van der Waals surface area contributed by atoms with Crippen molar-refractivity contribution in [2.24, 2.45) is 11.8 Å². The topological polar surface area (TPSA) is 51.2 Å². The number of para-hydroxylation sites is 1. The van der Waals surface area contributed by atoms with Gasteiger partial charge in [0.15, 0.2) is 0 Å². The van der Waals surface area contributed by atoms with Crippen LogP contribution in [0, 0.1) is 11.8 Å². The van der Waals surface area contributed by atoms with Crippen LogP contribution in [0.5, 0.6) is 0 Å². The first-order valence-electron chi connectivity index (χ1n) is 14.0. The lowest BCUT2D eigenvalue weighted by atomic mass is 9.69. The second-order valence-corrected chi connectivity index (χ2v) is 10.8. The highest BCUT2D eigenvalue weighted by Gasteiger charge is 2.45. The molecule has 3 aromatic rings. The van der Waals surface area contributed by atoms with Crippen LogP contribution in [0.2, 0.25) is 0 Å². The monoisotopic (exact) mass is 484 g/mol. The maximum atomic E-state index is 14.3. The number of fused-ring (bicyclic) bond motifs is 1. The Kier molecular flexibility index (Phi) is 7.71. The Bertz CT molecular complexity index is 1150. The van der Waals surface area contributed by atoms with E-state index in [9.17, 15) is 4.79 Å². The second kappa shape index (κ2) is 11.1. The summed E-state index contributed by atoms with van der Waals surface area (Å²) >= 11 is 0. The van der Waals surface area contributed by atoms with E-state index in [1.54, 1.807) is 0 Å². The molecule has 2 heterocycles. The summed E-state index contributed by atoms with van der Waals surface area (Å²) in [5.74, 6) is 1.24. The highest BCUT2D eigenvalue weighted by molar-refractivity contribution is 5.85. The van der Waals surface area contributed by atoms with Gasteiger partial charge in [-0.2, -0.15) is 0 Å². The molecule has 0 radical (unpaired) electrons. The number of piperidine rings is 1. The number of carbonyl (C=O) groups excluding carboxylic acids is 1. The zero-order valence-electron chi connectivity index (χ0n) is 21.8. The molecule has 1 aromatic heterocycles. The van der Waals surface area contributed by atoms with Crippen LogP contribution in [0.1, 0.15) is 82.4 Å². The average molecular weight is 485 g/mol. The second-order valence-electron chi connectivity index (χ2n) is 10.8. The number of hydrogen-bond acceptors (Lipinski definition) is 4. The lowest BCUT2D eigenvalue weighted by molar-refractivity contribution is -0.160. The first-order chi connectivity index (χ1) is 17.7. The Morgan fingerprint density at radius 1 is 0.972 bits per heavy atom. The van der Waals surface area contributed by atoms with Crippen molar-refractivity contribution >= 4 is 16.9 Å². The number of benzene rings is 2. The molecule has 1 aliphatic carbocycles. The van der Waals surface area contributed by atoms with Gasteiger partial charge in [-0.1, -0.05) is 94.5 Å². The van der Waals surface area contributed by atoms with Gasteiger partial charge in [0.2, 0.25) is 0 Å². The van der Waals surface area contributed by atoms with Crippen LogP contribution in [0.3, 0.4) is 0 Å². The van der Waals surface area contributed by atoms with Gasteiger partial charge in [-0.3, -0.25) is 9.78 Å². The van der Waals surface area contributed by atoms with Gasteiger partial charge in [-0.15, -0.1) is 0 Å². The molecule has 4 atom stereocenters. The lowest BCUT2D eigenvalue weighted by Crippen LogP contribution is -2.49. The summed E-state index contributed by atoms with van der Waals surface area (Å²) in [6.45, 7) is 5.56. The van der Waals surface area contributed by atoms with Crippen molar-refractivity contribution in [2.45, 2.75) is 82.8 Å². The van der Waals surface area contributed by atoms with E-state index in [0.717, 1.165) is 67.1 Å². The third-order valence-corrected chi connectivity index (χ3v) is 8.93. The van der Waals surface area contributed by atoms with E-state index in [4.69, 9.17) is 4.74 Å². The highest BCUT2D eigenvalue weighted by Crippen LogP contribution is 2.43. The predicted molar refractivity (Wildman–Crippen MR) is 146 cm³/mol. The van der Waals surface area contributed by atoms with E-state index in [1.165, 1.54) is 12.8 Å². The lowest BCUT2D eigenvalue weighted by Gasteiger charge is -2.42. The standard InChI is InChI=1S/C32H40N2O2/c1-3-23-21-29(34-22-24(23)4-2)30(27-17-20-33-28-16-10-9-15-26(27)28)36-31(35)32(18-11-6-12-19-32)25-13-7-5-8-14-25/h5,7-10,13-17,20,23-24,29-30,34H,3-4,6,11-12,18-19,21-22H2,1-2H3/t23-,24-,29+,30-/m0/s1. The quantitative estimate of drug-likeness (QED) is 0.362. The molecule has 2 fully saturated rings. The number of hydrogen-bond donors (Lipinski definition) is 1. The molecule has 0 bridgehead atoms. The Labute approximate surface area is 215 Å². The number of nitrogens with zero attached hydrogens (tertiary/aromatic N) is 1. The van der Waals surface area contributed by atoms with Crippen LogP contribution in [0.25, 0.3) is 10.9 Å². The molecular formula is C32H40N2O2. The molecule has 0 amide bonds. The zero-order chi connectivity index (χ0) is 25.0. The molecule has 4 nitrogen and oxygen atoms in total. The van der Waals surface area contributed by atoms with Crippen molar-refractivity contribution in [1.82, 2.24) is 10.3 Å². The highest BCUT2D eigenvalue weighted by atomic mass is 16.5. The number of rotatable bonds is 7. The van der Waals surface area contributed by atoms with Gasteiger partial charge in [0.05, 0.1) is 10.9 Å². The summed E-state index contributed by atoms with van der Waals surface area (Å²) in [4.78, 5) is 18.9. The van der Waals surface area contributed by atoms with Crippen LogP contribution in [0.4, 0.5) is 0 Å². The van der Waals surface area contributed by atoms with Gasteiger partial charge in [0.1, 0.15) is 6.10 Å². The molecule has 1 saturated carbocycles. The first-order valence-corrected chi connectivity index (χ1v) is 14.0. The van der Waals surface area contributed by atoms with E-state index in [-0.39, 0.29) is 18.1 Å². The number of pyridine rings is 1. The smallest absolute Gasteiger partial charge is 0.317 e. The average Bonchev–Trinajstić information content (AvgIpc) is 2.96. The Morgan fingerprint density at radius 3 is 2.44 bits per heavy atom. The third-order valence-electron chi connectivity index (χ3n) is 8.93. The van der Waals surface area contributed by atoms with Crippen molar-refractivity contribution in [2.75, 3.05) is 6.54 Å². The van der Waals surface area contributed by atoms with Crippen molar-refractivity contribution in [3.05, 3.63) is 78.0 Å². The van der Waals surface area contributed by atoms with Gasteiger partial charge in [-0.05, 0) is 55.3 Å². The molecule has 2 aromatic carbocycles. The minimum atomic E-state index is -0.564. The van der Waals surface area contributed by atoms with Crippen LogP contribution in [-0.2, 0) is 14.9 Å². The van der Waals surface area contributed by atoms with Gasteiger partial charge >= 0.3 is 5.97 Å². The Morgan fingerprint density at radius 2 is 1.69 bits per heavy atom. The summed E-state index contributed by atoms with van der Waals surface area (Å²) in [6, 6.07) is 20.7. The molecule has 4 heteroatoms. The largest absolute Gasteiger partial charge is 0.455 e. The van der Waals surface area contributed by atoms with E-state index in [0.29, 0.717) is 11.8 Å². The minimum Gasteiger partial charge on any atom is -0.455 e. The molecule has 0 unspecified atom stereocenters. The predicted octanol–water partition coefficient (Wildman–Crippen LogP) is 7.14. The van der Waals surface area contributed by atoms with Crippen LogP contribution in [0.15, 0.2) is 66.9 Å². The van der Waals surface area contributed by atoms with Crippen LogP contribution < -0.4 is 5.32 Å². The van der Waals surface area contributed by atoms with E-state index in [1.807, 2.05) is 36.5 Å². The van der Waals surface area contributed by atoms with Crippen molar-refractivity contribution in [1.29, 1.82) is 0 Å². The molecule has 1 saturated heterocycles. The van der Waals surface area contributed by atoms with Crippen LogP contribution >= 0.6 is 0 Å². The number of aromatic nitrogens is 1. The molecule has 1 N–H and O–H groups in total. The van der Waals surface area contributed by atoms with Gasteiger partial charge in [0, 0.05) is 23.2 Å². The number of nitrogens with one attached hydrogen (secondary N) is 1. The van der Waals surface area contributed by atoms with Gasteiger partial charge in [-0.25, -0.2) is 0 Å². The summed E-state index contributed by atoms with van der Waals surface area (Å²) in [6.07, 6.45) is 9.87. The van der Waals surface area contributed by atoms with Gasteiger partial charge < -0.3 is 10.1 Å². The molecule has 36 heavy (non-hydrogen) atoms. The number of carbonyl (C=O) groups is 1. The zero-order valence-corrected chi connectivity index (χ0v) is 21.8. The molecule has 2 aliphatic rings. The maximum absolute atomic E-state index is 14.3. The first kappa shape index (κ1) is 25.0. The fourth-order valence-electron chi connectivity index (χ4n) is 6.76. The Hall–Kier alpha value is -2.72. The van der Waals surface area contributed by atoms with E-state index < -0.39 is 5.41 Å². The molecule has 1 aliphatic heterocycles. The molecule has 5 rings (SSSR count). The van der Waals surface area contributed by atoms with E-state index >= 15 is 0 Å². The third kappa shape index (κ3) is 4.80. The molecule has 0 spiro atoms. The SMILES string of the molecule is CC[C@H]1CN[C@@H]([C@@H](OC(=O)C2(c3ccccc3)CCCCC2)c2ccnc3ccccc23)C[C@@H]1CC. The molecule has 190 valence electrons. The van der Waals surface area contributed by atoms with Gasteiger partial charge in [0.25, 0.3) is 0 Å². The fourth-order valence-corrected chi connectivity index (χ4v) is 6.76.